The number of ether oxygens (including phenoxy) is 1. The Balaban J connectivity index is 2.47. The molecule has 0 aliphatic carbocycles. The molecule has 0 aromatic heterocycles. The summed E-state index contributed by atoms with van der Waals surface area (Å²) < 4.78 is 4.74. The average molecular weight is 221 g/mol. The summed E-state index contributed by atoms with van der Waals surface area (Å²) in [7, 11) is 1.51. The summed E-state index contributed by atoms with van der Waals surface area (Å²) in [4.78, 5) is 11.2. The van der Waals surface area contributed by atoms with Crippen molar-refractivity contribution in [1.29, 1.82) is 0 Å². The van der Waals surface area contributed by atoms with Crippen LogP contribution in [0.4, 0.5) is 5.69 Å². The molecule has 0 saturated heterocycles. The normalized spacial score (nSPS) is 10.1. The van der Waals surface area contributed by atoms with Gasteiger partial charge in [-0.3, -0.25) is 4.79 Å². The quantitative estimate of drug-likeness (QED) is 0.802. The van der Waals surface area contributed by atoms with Crippen LogP contribution < -0.4 is 5.32 Å². The number of benzene rings is 1. The highest BCUT2D eigenvalue weighted by Gasteiger charge is 2.00. The van der Waals surface area contributed by atoms with Crippen molar-refractivity contribution in [2.75, 3.05) is 19.0 Å². The number of amides is 1. The molecule has 1 aromatic carbocycles. The van der Waals surface area contributed by atoms with Gasteiger partial charge in [0, 0.05) is 12.8 Å². The minimum atomic E-state index is -0.121. The van der Waals surface area contributed by atoms with Gasteiger partial charge in [0.1, 0.15) is 6.61 Å². The number of unbranched alkanes of at least 4 members (excludes halogenated alkanes) is 1. The van der Waals surface area contributed by atoms with E-state index in [9.17, 15) is 4.79 Å². The molecule has 0 aliphatic rings. The zero-order valence-corrected chi connectivity index (χ0v) is 9.95. The van der Waals surface area contributed by atoms with Crippen molar-refractivity contribution in [3.05, 3.63) is 29.8 Å². The van der Waals surface area contributed by atoms with E-state index in [-0.39, 0.29) is 12.5 Å². The van der Waals surface area contributed by atoms with Crippen molar-refractivity contribution in [3.63, 3.8) is 0 Å². The lowest BCUT2D eigenvalue weighted by molar-refractivity contribution is -0.119. The molecule has 0 radical (unpaired) electrons. The molecular formula is C13H19NO2. The van der Waals surface area contributed by atoms with Gasteiger partial charge in [-0.15, -0.1) is 0 Å². The molecule has 1 N–H and O–H groups in total. The lowest BCUT2D eigenvalue weighted by Gasteiger charge is -2.05. The molecule has 1 amide bonds. The molecule has 0 aliphatic heterocycles. The van der Waals surface area contributed by atoms with E-state index in [4.69, 9.17) is 4.74 Å². The fourth-order valence-corrected chi connectivity index (χ4v) is 1.46. The van der Waals surface area contributed by atoms with Gasteiger partial charge in [0.05, 0.1) is 0 Å². The SMILES string of the molecule is CCCCc1ccc(NC(=O)COC)cc1. The van der Waals surface area contributed by atoms with E-state index >= 15 is 0 Å². The first-order valence-electron chi connectivity index (χ1n) is 5.64. The van der Waals surface area contributed by atoms with Crippen LogP contribution >= 0.6 is 0 Å². The summed E-state index contributed by atoms with van der Waals surface area (Å²) in [5.74, 6) is -0.121. The molecular weight excluding hydrogens is 202 g/mol. The second-order valence-corrected chi connectivity index (χ2v) is 3.78. The van der Waals surface area contributed by atoms with Crippen molar-refractivity contribution >= 4 is 11.6 Å². The van der Waals surface area contributed by atoms with Crippen molar-refractivity contribution in [1.82, 2.24) is 0 Å². The largest absolute Gasteiger partial charge is 0.375 e. The Labute approximate surface area is 96.8 Å². The van der Waals surface area contributed by atoms with Crippen LogP contribution in [0.1, 0.15) is 25.3 Å². The predicted octanol–water partition coefficient (Wildman–Crippen LogP) is 2.61. The average Bonchev–Trinajstić information content (AvgIpc) is 2.28. The Hall–Kier alpha value is -1.35. The molecule has 0 heterocycles. The fourth-order valence-electron chi connectivity index (χ4n) is 1.46. The Morgan fingerprint density at radius 1 is 1.31 bits per heavy atom. The second-order valence-electron chi connectivity index (χ2n) is 3.78. The van der Waals surface area contributed by atoms with Crippen molar-refractivity contribution in [2.45, 2.75) is 26.2 Å². The maximum atomic E-state index is 11.2. The Morgan fingerprint density at radius 3 is 2.56 bits per heavy atom. The van der Waals surface area contributed by atoms with Gasteiger partial charge < -0.3 is 10.1 Å². The maximum absolute atomic E-state index is 11.2. The van der Waals surface area contributed by atoms with Crippen LogP contribution in [0.25, 0.3) is 0 Å². The maximum Gasteiger partial charge on any atom is 0.250 e. The Morgan fingerprint density at radius 2 is 2.00 bits per heavy atom. The highest BCUT2D eigenvalue weighted by atomic mass is 16.5. The molecule has 3 heteroatoms. The van der Waals surface area contributed by atoms with Crippen LogP contribution in [0.2, 0.25) is 0 Å². The van der Waals surface area contributed by atoms with E-state index in [0.29, 0.717) is 0 Å². The van der Waals surface area contributed by atoms with Gasteiger partial charge in [-0.25, -0.2) is 0 Å². The van der Waals surface area contributed by atoms with Crippen LogP contribution in [0.5, 0.6) is 0 Å². The number of methoxy groups -OCH3 is 1. The van der Waals surface area contributed by atoms with E-state index in [1.165, 1.54) is 25.5 Å². The van der Waals surface area contributed by atoms with E-state index in [0.717, 1.165) is 12.1 Å². The smallest absolute Gasteiger partial charge is 0.250 e. The minimum absolute atomic E-state index is 0.0948. The number of carbonyl (C=O) groups is 1. The Kier molecular flexibility index (Phi) is 5.57. The van der Waals surface area contributed by atoms with Crippen LogP contribution in [0, 0.1) is 0 Å². The molecule has 0 fully saturated rings. The summed E-state index contributed by atoms with van der Waals surface area (Å²) in [5, 5.41) is 2.76. The molecule has 16 heavy (non-hydrogen) atoms. The van der Waals surface area contributed by atoms with E-state index in [1.807, 2.05) is 12.1 Å². The third-order valence-corrected chi connectivity index (χ3v) is 2.33. The van der Waals surface area contributed by atoms with Crippen LogP contribution in [0.15, 0.2) is 24.3 Å². The molecule has 0 bridgehead atoms. The molecule has 1 rings (SSSR count). The third kappa shape index (κ3) is 4.45. The first-order valence-corrected chi connectivity index (χ1v) is 5.64. The zero-order valence-electron chi connectivity index (χ0n) is 9.95. The van der Waals surface area contributed by atoms with Gasteiger partial charge in [0.2, 0.25) is 5.91 Å². The lowest BCUT2D eigenvalue weighted by atomic mass is 10.1. The summed E-state index contributed by atoms with van der Waals surface area (Å²) in [6, 6.07) is 7.97. The van der Waals surface area contributed by atoms with E-state index in [1.54, 1.807) is 0 Å². The summed E-state index contributed by atoms with van der Waals surface area (Å²) in [6.07, 6.45) is 3.50. The number of rotatable bonds is 6. The molecule has 0 spiro atoms. The molecule has 88 valence electrons. The predicted molar refractivity (Wildman–Crippen MR) is 65.6 cm³/mol. The van der Waals surface area contributed by atoms with Crippen molar-refractivity contribution in [2.24, 2.45) is 0 Å². The molecule has 0 unspecified atom stereocenters. The van der Waals surface area contributed by atoms with Gasteiger partial charge in [-0.1, -0.05) is 25.5 Å². The van der Waals surface area contributed by atoms with Crippen LogP contribution in [-0.2, 0) is 16.0 Å². The number of hydrogen-bond donors (Lipinski definition) is 1. The van der Waals surface area contributed by atoms with Gasteiger partial charge >= 0.3 is 0 Å². The van der Waals surface area contributed by atoms with Crippen molar-refractivity contribution in [3.8, 4) is 0 Å². The van der Waals surface area contributed by atoms with Crippen LogP contribution in [-0.4, -0.2) is 19.6 Å². The first kappa shape index (κ1) is 12.7. The van der Waals surface area contributed by atoms with E-state index in [2.05, 4.69) is 24.4 Å². The Bertz CT molecular complexity index is 319. The molecule has 0 atom stereocenters. The number of hydrogen-bond acceptors (Lipinski definition) is 2. The molecule has 1 aromatic rings. The second kappa shape index (κ2) is 7.01. The third-order valence-electron chi connectivity index (χ3n) is 2.33. The highest BCUT2D eigenvalue weighted by Crippen LogP contribution is 2.11. The van der Waals surface area contributed by atoms with Gasteiger partial charge in [0.25, 0.3) is 0 Å². The highest BCUT2D eigenvalue weighted by molar-refractivity contribution is 5.91. The summed E-state index contributed by atoms with van der Waals surface area (Å²) >= 11 is 0. The zero-order chi connectivity index (χ0) is 11.8. The first-order chi connectivity index (χ1) is 7.76. The summed E-state index contributed by atoms with van der Waals surface area (Å²) in [6.45, 7) is 2.27. The van der Waals surface area contributed by atoms with Gasteiger partial charge in [-0.05, 0) is 30.5 Å². The topological polar surface area (TPSA) is 38.3 Å². The standard InChI is InChI=1S/C13H19NO2/c1-3-4-5-11-6-8-12(9-7-11)14-13(15)10-16-2/h6-9H,3-5,10H2,1-2H3,(H,14,15). The number of nitrogens with one attached hydrogen (secondary N) is 1. The molecule has 0 saturated carbocycles. The summed E-state index contributed by atoms with van der Waals surface area (Å²) in [5.41, 5.74) is 2.13. The number of carbonyl (C=O) groups excluding carboxylic acids is 1. The number of anilines is 1. The minimum Gasteiger partial charge on any atom is -0.375 e. The molecule has 3 nitrogen and oxygen atoms in total. The van der Waals surface area contributed by atoms with Gasteiger partial charge in [-0.2, -0.15) is 0 Å². The fraction of sp³-hybridized carbons (Fsp3) is 0.462. The van der Waals surface area contributed by atoms with Crippen LogP contribution in [0.3, 0.4) is 0 Å². The van der Waals surface area contributed by atoms with E-state index < -0.39 is 0 Å². The van der Waals surface area contributed by atoms with Gasteiger partial charge in [0.15, 0.2) is 0 Å². The monoisotopic (exact) mass is 221 g/mol. The van der Waals surface area contributed by atoms with Crippen molar-refractivity contribution < 1.29 is 9.53 Å². The lowest BCUT2D eigenvalue weighted by Crippen LogP contribution is -2.16. The number of aryl methyl sites for hydroxylation is 1.